The van der Waals surface area contributed by atoms with Crippen molar-refractivity contribution in [1.29, 1.82) is 0 Å². The molecule has 1 N–H and O–H groups in total. The first kappa shape index (κ1) is 15.0. The van der Waals surface area contributed by atoms with Crippen LogP contribution in [-0.2, 0) is 0 Å². The van der Waals surface area contributed by atoms with Crippen LogP contribution in [0.2, 0.25) is 0 Å². The molecule has 108 valence electrons. The van der Waals surface area contributed by atoms with Crippen LogP contribution in [0.4, 0.5) is 5.69 Å². The summed E-state index contributed by atoms with van der Waals surface area (Å²) in [5.74, 6) is -0.644. The average Bonchev–Trinajstić information content (AvgIpc) is 2.42. The van der Waals surface area contributed by atoms with Crippen LogP contribution >= 0.6 is 15.9 Å². The Bertz CT molecular complexity index is 729. The Kier molecular flexibility index (Phi) is 4.23. The molecular weight excluding hydrogens is 342 g/mol. The molecule has 0 unspecified atom stereocenters. The number of aryl methyl sites for hydroxylation is 1. The Hall–Kier alpha value is -2.41. The molecule has 0 heterocycles. The van der Waals surface area contributed by atoms with Crippen LogP contribution in [0.5, 0.6) is 11.5 Å². The first-order chi connectivity index (χ1) is 9.88. The second-order valence-electron chi connectivity index (χ2n) is 4.25. The Balaban J connectivity index is 2.36. The zero-order valence-electron chi connectivity index (χ0n) is 10.9. The van der Waals surface area contributed by atoms with Gasteiger partial charge in [-0.2, -0.15) is 0 Å². The van der Waals surface area contributed by atoms with Crippen molar-refractivity contribution in [2.45, 2.75) is 6.92 Å². The SMILES string of the molecule is Cc1cc(Oc2ccc(C(=O)O)c([N+](=O)[O-])c2)ccc1Br. The third kappa shape index (κ3) is 3.38. The number of ether oxygens (including phenoxy) is 1. The molecule has 0 aliphatic carbocycles. The number of carbonyl (C=O) groups is 1. The van der Waals surface area contributed by atoms with Crippen molar-refractivity contribution in [2.24, 2.45) is 0 Å². The minimum Gasteiger partial charge on any atom is -0.477 e. The molecule has 21 heavy (non-hydrogen) atoms. The number of rotatable bonds is 4. The van der Waals surface area contributed by atoms with Crippen molar-refractivity contribution in [3.05, 3.63) is 62.1 Å². The van der Waals surface area contributed by atoms with E-state index in [1.807, 2.05) is 6.92 Å². The smallest absolute Gasteiger partial charge is 0.342 e. The molecule has 6 nitrogen and oxygen atoms in total. The van der Waals surface area contributed by atoms with Crippen LogP contribution in [-0.4, -0.2) is 16.0 Å². The van der Waals surface area contributed by atoms with Gasteiger partial charge >= 0.3 is 5.97 Å². The minimum atomic E-state index is -1.35. The van der Waals surface area contributed by atoms with Gasteiger partial charge in [-0.15, -0.1) is 0 Å². The predicted octanol–water partition coefficient (Wildman–Crippen LogP) is 4.16. The third-order valence-electron chi connectivity index (χ3n) is 2.76. The van der Waals surface area contributed by atoms with Crippen molar-refractivity contribution in [3.63, 3.8) is 0 Å². The first-order valence-electron chi connectivity index (χ1n) is 5.84. The number of nitrogens with zero attached hydrogens (tertiary/aromatic N) is 1. The summed E-state index contributed by atoms with van der Waals surface area (Å²) < 4.78 is 6.44. The lowest BCUT2D eigenvalue weighted by atomic mass is 10.1. The molecule has 2 aromatic carbocycles. The Morgan fingerprint density at radius 1 is 1.24 bits per heavy atom. The van der Waals surface area contributed by atoms with Crippen molar-refractivity contribution in [1.82, 2.24) is 0 Å². The van der Waals surface area contributed by atoms with E-state index in [1.165, 1.54) is 6.07 Å². The molecule has 0 radical (unpaired) electrons. The van der Waals surface area contributed by atoms with Gasteiger partial charge in [0, 0.05) is 4.47 Å². The second kappa shape index (κ2) is 5.92. The molecule has 0 spiro atoms. The van der Waals surface area contributed by atoms with Gasteiger partial charge in [-0.3, -0.25) is 10.1 Å². The van der Waals surface area contributed by atoms with Gasteiger partial charge in [0.25, 0.3) is 5.69 Å². The molecule has 0 aliphatic heterocycles. The van der Waals surface area contributed by atoms with Gasteiger partial charge in [-0.25, -0.2) is 4.79 Å². The van der Waals surface area contributed by atoms with Crippen LogP contribution in [0.15, 0.2) is 40.9 Å². The van der Waals surface area contributed by atoms with E-state index in [0.29, 0.717) is 5.75 Å². The fourth-order valence-corrected chi connectivity index (χ4v) is 1.97. The van der Waals surface area contributed by atoms with Crippen LogP contribution < -0.4 is 4.74 Å². The highest BCUT2D eigenvalue weighted by Crippen LogP contribution is 2.30. The van der Waals surface area contributed by atoms with Crippen LogP contribution in [0.25, 0.3) is 0 Å². The van der Waals surface area contributed by atoms with E-state index < -0.39 is 16.6 Å². The normalized spacial score (nSPS) is 10.2. The van der Waals surface area contributed by atoms with Gasteiger partial charge in [-0.1, -0.05) is 15.9 Å². The topological polar surface area (TPSA) is 89.7 Å². The number of halogens is 1. The average molecular weight is 352 g/mol. The van der Waals surface area contributed by atoms with E-state index in [-0.39, 0.29) is 11.3 Å². The fraction of sp³-hybridized carbons (Fsp3) is 0.0714. The molecule has 0 bridgehead atoms. The zero-order valence-corrected chi connectivity index (χ0v) is 12.5. The number of nitro groups is 1. The Morgan fingerprint density at radius 3 is 2.43 bits per heavy atom. The van der Waals surface area contributed by atoms with Crippen LogP contribution in [0.1, 0.15) is 15.9 Å². The summed E-state index contributed by atoms with van der Waals surface area (Å²) in [7, 11) is 0. The van der Waals surface area contributed by atoms with Crippen molar-refractivity contribution < 1.29 is 19.6 Å². The summed E-state index contributed by atoms with van der Waals surface area (Å²) in [6.45, 7) is 1.88. The van der Waals surface area contributed by atoms with Gasteiger partial charge in [-0.05, 0) is 42.8 Å². The summed E-state index contributed by atoms with van der Waals surface area (Å²) in [5.41, 5.74) is 0.0670. The molecule has 2 aromatic rings. The fourth-order valence-electron chi connectivity index (χ4n) is 1.72. The maximum Gasteiger partial charge on any atom is 0.342 e. The van der Waals surface area contributed by atoms with E-state index in [1.54, 1.807) is 18.2 Å². The minimum absolute atomic E-state index is 0.202. The van der Waals surface area contributed by atoms with Crippen molar-refractivity contribution in [2.75, 3.05) is 0 Å². The summed E-state index contributed by atoms with van der Waals surface area (Å²) >= 11 is 3.36. The summed E-state index contributed by atoms with van der Waals surface area (Å²) in [5, 5.41) is 19.8. The van der Waals surface area contributed by atoms with E-state index in [4.69, 9.17) is 9.84 Å². The molecule has 0 amide bonds. The monoisotopic (exact) mass is 351 g/mol. The van der Waals surface area contributed by atoms with E-state index in [9.17, 15) is 14.9 Å². The number of benzene rings is 2. The number of aromatic carboxylic acids is 1. The molecule has 0 saturated carbocycles. The molecule has 0 saturated heterocycles. The largest absolute Gasteiger partial charge is 0.477 e. The first-order valence-corrected chi connectivity index (χ1v) is 6.63. The highest BCUT2D eigenvalue weighted by Gasteiger charge is 2.20. The standard InChI is InChI=1S/C14H10BrNO5/c1-8-6-9(3-5-12(8)15)21-10-2-4-11(14(17)18)13(7-10)16(19)20/h2-7H,1H3,(H,17,18). The van der Waals surface area contributed by atoms with Gasteiger partial charge in [0.15, 0.2) is 0 Å². The molecule has 0 aromatic heterocycles. The van der Waals surface area contributed by atoms with E-state index >= 15 is 0 Å². The quantitative estimate of drug-likeness (QED) is 0.659. The highest BCUT2D eigenvalue weighted by molar-refractivity contribution is 9.10. The summed E-state index contributed by atoms with van der Waals surface area (Å²) in [6, 6.07) is 8.90. The van der Waals surface area contributed by atoms with E-state index in [0.717, 1.165) is 22.2 Å². The predicted molar refractivity (Wildman–Crippen MR) is 79.0 cm³/mol. The lowest BCUT2D eigenvalue weighted by Gasteiger charge is -2.08. The lowest BCUT2D eigenvalue weighted by molar-refractivity contribution is -0.385. The highest BCUT2D eigenvalue weighted by atomic mass is 79.9. The zero-order chi connectivity index (χ0) is 15.6. The Labute approximate surface area is 128 Å². The molecular formula is C14H10BrNO5. The van der Waals surface area contributed by atoms with Gasteiger partial charge in [0.1, 0.15) is 17.1 Å². The number of nitro benzene ring substituents is 1. The molecule has 7 heteroatoms. The molecule has 2 rings (SSSR count). The second-order valence-corrected chi connectivity index (χ2v) is 5.11. The van der Waals surface area contributed by atoms with Crippen LogP contribution in [0.3, 0.4) is 0 Å². The number of carboxylic acid groups (broad SMARTS) is 1. The number of hydrogen-bond donors (Lipinski definition) is 1. The molecule has 0 fully saturated rings. The lowest BCUT2D eigenvalue weighted by Crippen LogP contribution is -2.02. The van der Waals surface area contributed by atoms with Crippen LogP contribution in [0, 0.1) is 17.0 Å². The maximum atomic E-state index is 10.9. The summed E-state index contributed by atoms with van der Waals surface area (Å²) in [6.07, 6.45) is 0. The molecule has 0 atom stereocenters. The van der Waals surface area contributed by atoms with Crippen molar-refractivity contribution in [3.8, 4) is 11.5 Å². The Morgan fingerprint density at radius 2 is 1.86 bits per heavy atom. The molecule has 0 aliphatic rings. The van der Waals surface area contributed by atoms with Gasteiger partial charge in [0.05, 0.1) is 11.0 Å². The maximum absolute atomic E-state index is 10.9. The summed E-state index contributed by atoms with van der Waals surface area (Å²) in [4.78, 5) is 21.1. The van der Waals surface area contributed by atoms with Gasteiger partial charge in [0.2, 0.25) is 0 Å². The number of hydrogen-bond acceptors (Lipinski definition) is 4. The van der Waals surface area contributed by atoms with Crippen molar-refractivity contribution >= 4 is 27.6 Å². The van der Waals surface area contributed by atoms with E-state index in [2.05, 4.69) is 15.9 Å². The van der Waals surface area contributed by atoms with Gasteiger partial charge < -0.3 is 9.84 Å². The third-order valence-corrected chi connectivity index (χ3v) is 3.65. The number of carboxylic acids is 1.